The van der Waals surface area contributed by atoms with Gasteiger partial charge in [-0.2, -0.15) is 0 Å². The van der Waals surface area contributed by atoms with Crippen LogP contribution < -0.4 is 11.1 Å². The molecule has 0 aliphatic heterocycles. The van der Waals surface area contributed by atoms with Crippen molar-refractivity contribution in [2.75, 3.05) is 11.9 Å². The van der Waals surface area contributed by atoms with Crippen LogP contribution in [-0.4, -0.2) is 27.6 Å². The van der Waals surface area contributed by atoms with E-state index in [0.717, 1.165) is 22.1 Å². The minimum Gasteiger partial charge on any atom is -0.330 e. The zero-order valence-electron chi connectivity index (χ0n) is 9.84. The van der Waals surface area contributed by atoms with Gasteiger partial charge < -0.3 is 11.1 Å². The molecule has 18 heavy (non-hydrogen) atoms. The van der Waals surface area contributed by atoms with E-state index in [1.807, 2.05) is 12.3 Å². The number of nitrogens with zero attached hydrogens (tertiary/aromatic N) is 3. The summed E-state index contributed by atoms with van der Waals surface area (Å²) in [6, 6.07) is 0. The first-order chi connectivity index (χ1) is 8.67. The second-order valence-electron chi connectivity index (χ2n) is 3.62. The summed E-state index contributed by atoms with van der Waals surface area (Å²) in [7, 11) is 0. The SMILES string of the molecule is Cc1nnc(NC(=O)Cc2csc(CCN)n2)s1. The highest BCUT2D eigenvalue weighted by Crippen LogP contribution is 2.15. The monoisotopic (exact) mass is 283 g/mol. The van der Waals surface area contributed by atoms with E-state index in [2.05, 4.69) is 20.5 Å². The Morgan fingerprint density at radius 1 is 1.50 bits per heavy atom. The molecule has 0 saturated heterocycles. The van der Waals surface area contributed by atoms with Gasteiger partial charge in [-0.05, 0) is 13.5 Å². The molecule has 2 heterocycles. The number of carbonyl (C=O) groups is 1. The number of rotatable bonds is 5. The lowest BCUT2D eigenvalue weighted by atomic mass is 10.3. The number of aromatic nitrogens is 3. The van der Waals surface area contributed by atoms with Crippen LogP contribution in [0.1, 0.15) is 15.7 Å². The Labute approximate surface area is 112 Å². The summed E-state index contributed by atoms with van der Waals surface area (Å²) < 4.78 is 0. The molecule has 0 spiro atoms. The van der Waals surface area contributed by atoms with Crippen molar-refractivity contribution in [3.05, 3.63) is 21.1 Å². The molecular formula is C10H13N5OS2. The molecule has 0 bridgehead atoms. The predicted molar refractivity (Wildman–Crippen MR) is 71.9 cm³/mol. The Bertz CT molecular complexity index is 536. The third kappa shape index (κ3) is 3.56. The fourth-order valence-corrected chi connectivity index (χ4v) is 2.77. The average Bonchev–Trinajstić information content (AvgIpc) is 2.89. The molecule has 0 saturated carbocycles. The van der Waals surface area contributed by atoms with Crippen molar-refractivity contribution in [1.29, 1.82) is 0 Å². The van der Waals surface area contributed by atoms with Crippen LogP contribution in [0.5, 0.6) is 0 Å². The van der Waals surface area contributed by atoms with Gasteiger partial charge in [0.1, 0.15) is 5.01 Å². The van der Waals surface area contributed by atoms with E-state index >= 15 is 0 Å². The summed E-state index contributed by atoms with van der Waals surface area (Å²) in [5, 5.41) is 14.6. The molecule has 2 aromatic rings. The number of aryl methyl sites for hydroxylation is 1. The number of hydrogen-bond acceptors (Lipinski definition) is 7. The Balaban J connectivity index is 1.90. The third-order valence-electron chi connectivity index (χ3n) is 2.07. The standard InChI is InChI=1S/C10H13N5OS2/c1-6-14-15-10(18-6)13-8(16)4-7-5-17-9(12-7)2-3-11/h5H,2-4,11H2,1H3,(H,13,15,16). The normalized spacial score (nSPS) is 10.6. The molecule has 1 amide bonds. The number of hydrogen-bond donors (Lipinski definition) is 2. The number of anilines is 1. The largest absolute Gasteiger partial charge is 0.330 e. The molecule has 0 aromatic carbocycles. The topological polar surface area (TPSA) is 93.8 Å². The van der Waals surface area contributed by atoms with E-state index in [4.69, 9.17) is 5.73 Å². The first-order valence-electron chi connectivity index (χ1n) is 5.40. The highest BCUT2D eigenvalue weighted by molar-refractivity contribution is 7.15. The zero-order chi connectivity index (χ0) is 13.0. The van der Waals surface area contributed by atoms with Crippen molar-refractivity contribution < 1.29 is 4.79 Å². The van der Waals surface area contributed by atoms with Crippen LogP contribution >= 0.6 is 22.7 Å². The van der Waals surface area contributed by atoms with Crippen molar-refractivity contribution in [2.45, 2.75) is 19.8 Å². The lowest BCUT2D eigenvalue weighted by Crippen LogP contribution is -2.14. The second-order valence-corrected chi connectivity index (χ2v) is 5.75. The minimum atomic E-state index is -0.129. The number of carbonyl (C=O) groups excluding carboxylic acids is 1. The van der Waals surface area contributed by atoms with Gasteiger partial charge in [-0.25, -0.2) is 4.98 Å². The highest BCUT2D eigenvalue weighted by atomic mass is 32.1. The summed E-state index contributed by atoms with van der Waals surface area (Å²) in [5.74, 6) is -0.129. The molecule has 2 rings (SSSR count). The van der Waals surface area contributed by atoms with Gasteiger partial charge in [0.15, 0.2) is 0 Å². The zero-order valence-corrected chi connectivity index (χ0v) is 11.5. The van der Waals surface area contributed by atoms with Crippen LogP contribution in [0.25, 0.3) is 0 Å². The Hall–Kier alpha value is -1.38. The van der Waals surface area contributed by atoms with Crippen LogP contribution in [0.3, 0.4) is 0 Å². The van der Waals surface area contributed by atoms with E-state index in [1.54, 1.807) is 0 Å². The summed E-state index contributed by atoms with van der Waals surface area (Å²) in [6.45, 7) is 2.41. The number of amides is 1. The second kappa shape index (κ2) is 5.98. The van der Waals surface area contributed by atoms with Gasteiger partial charge in [0, 0.05) is 11.8 Å². The molecular weight excluding hydrogens is 270 g/mol. The van der Waals surface area contributed by atoms with Gasteiger partial charge in [0.2, 0.25) is 11.0 Å². The summed E-state index contributed by atoms with van der Waals surface area (Å²) in [5.41, 5.74) is 6.22. The van der Waals surface area contributed by atoms with Crippen LogP contribution in [-0.2, 0) is 17.6 Å². The van der Waals surface area contributed by atoms with Crippen LogP contribution in [0.4, 0.5) is 5.13 Å². The van der Waals surface area contributed by atoms with Crippen molar-refractivity contribution in [2.24, 2.45) is 5.73 Å². The summed E-state index contributed by atoms with van der Waals surface area (Å²) >= 11 is 2.88. The molecule has 6 nitrogen and oxygen atoms in total. The summed E-state index contributed by atoms with van der Waals surface area (Å²) in [6.07, 6.45) is 1.00. The predicted octanol–water partition coefficient (Wildman–Crippen LogP) is 0.985. The van der Waals surface area contributed by atoms with Gasteiger partial charge in [0.25, 0.3) is 0 Å². The average molecular weight is 283 g/mol. The molecule has 0 aliphatic carbocycles. The summed E-state index contributed by atoms with van der Waals surface area (Å²) in [4.78, 5) is 16.1. The van der Waals surface area contributed by atoms with Crippen LogP contribution in [0, 0.1) is 6.92 Å². The van der Waals surface area contributed by atoms with E-state index in [-0.39, 0.29) is 12.3 Å². The van der Waals surface area contributed by atoms with Gasteiger partial charge in [-0.15, -0.1) is 21.5 Å². The smallest absolute Gasteiger partial charge is 0.232 e. The number of nitrogens with two attached hydrogens (primary N) is 1. The van der Waals surface area contributed by atoms with E-state index < -0.39 is 0 Å². The molecule has 96 valence electrons. The van der Waals surface area contributed by atoms with Crippen molar-refractivity contribution in [3.8, 4) is 0 Å². The molecule has 0 atom stereocenters. The fourth-order valence-electron chi connectivity index (χ4n) is 1.34. The molecule has 0 unspecified atom stereocenters. The Kier molecular flexibility index (Phi) is 4.34. The van der Waals surface area contributed by atoms with Gasteiger partial charge in [0.05, 0.1) is 17.1 Å². The Morgan fingerprint density at radius 3 is 3.00 bits per heavy atom. The molecule has 0 fully saturated rings. The fraction of sp³-hybridized carbons (Fsp3) is 0.400. The highest BCUT2D eigenvalue weighted by Gasteiger charge is 2.10. The first-order valence-corrected chi connectivity index (χ1v) is 7.10. The van der Waals surface area contributed by atoms with E-state index in [9.17, 15) is 4.79 Å². The number of nitrogens with one attached hydrogen (secondary N) is 1. The van der Waals surface area contributed by atoms with E-state index in [1.165, 1.54) is 22.7 Å². The first kappa shape index (κ1) is 13.1. The maximum absolute atomic E-state index is 11.7. The van der Waals surface area contributed by atoms with Gasteiger partial charge in [-0.1, -0.05) is 11.3 Å². The quantitative estimate of drug-likeness (QED) is 0.853. The van der Waals surface area contributed by atoms with Crippen molar-refractivity contribution in [3.63, 3.8) is 0 Å². The van der Waals surface area contributed by atoms with Crippen molar-refractivity contribution >= 4 is 33.7 Å². The molecule has 3 N–H and O–H groups in total. The van der Waals surface area contributed by atoms with Gasteiger partial charge >= 0.3 is 0 Å². The molecule has 0 radical (unpaired) electrons. The van der Waals surface area contributed by atoms with Crippen LogP contribution in [0.2, 0.25) is 0 Å². The minimum absolute atomic E-state index is 0.129. The van der Waals surface area contributed by atoms with E-state index in [0.29, 0.717) is 11.7 Å². The Morgan fingerprint density at radius 2 is 2.33 bits per heavy atom. The maximum atomic E-state index is 11.7. The molecule has 0 aliphatic rings. The maximum Gasteiger partial charge on any atom is 0.232 e. The lowest BCUT2D eigenvalue weighted by Gasteiger charge is -1.97. The number of thiazole rings is 1. The lowest BCUT2D eigenvalue weighted by molar-refractivity contribution is -0.115. The van der Waals surface area contributed by atoms with Crippen LogP contribution in [0.15, 0.2) is 5.38 Å². The van der Waals surface area contributed by atoms with Crippen molar-refractivity contribution in [1.82, 2.24) is 15.2 Å². The van der Waals surface area contributed by atoms with Gasteiger partial charge in [-0.3, -0.25) is 4.79 Å². The molecule has 2 aromatic heterocycles. The molecule has 8 heteroatoms. The third-order valence-corrected chi connectivity index (χ3v) is 3.78.